The van der Waals surface area contributed by atoms with Gasteiger partial charge < -0.3 is 5.32 Å². The molecule has 18 heavy (non-hydrogen) atoms. The molecule has 0 aliphatic heterocycles. The number of fused-ring (bicyclic) bond motifs is 1. The summed E-state index contributed by atoms with van der Waals surface area (Å²) in [5.74, 6) is 0.781. The number of para-hydroxylation sites is 1. The topological polar surface area (TPSA) is 37.8 Å². The fourth-order valence-corrected chi connectivity index (χ4v) is 2.70. The van der Waals surface area contributed by atoms with Crippen LogP contribution < -0.4 is 5.32 Å². The fraction of sp³-hybridized carbons (Fsp3) is 0.467. The van der Waals surface area contributed by atoms with Gasteiger partial charge in [-0.1, -0.05) is 37.5 Å². The van der Waals surface area contributed by atoms with Crippen LogP contribution in [0.25, 0.3) is 10.9 Å². The van der Waals surface area contributed by atoms with Gasteiger partial charge in [0.15, 0.2) is 0 Å². The molecule has 94 valence electrons. The molecule has 3 heteroatoms. The minimum atomic E-state index is 0.556. The third-order valence-corrected chi connectivity index (χ3v) is 3.75. The van der Waals surface area contributed by atoms with Gasteiger partial charge in [-0.05, 0) is 25.3 Å². The van der Waals surface area contributed by atoms with Crippen LogP contribution in [0, 0.1) is 6.92 Å². The van der Waals surface area contributed by atoms with Crippen LogP contribution in [-0.2, 0) is 0 Å². The molecule has 3 rings (SSSR count). The lowest BCUT2D eigenvalue weighted by Gasteiger charge is -2.22. The van der Waals surface area contributed by atoms with Crippen LogP contribution in [0.2, 0.25) is 0 Å². The Kier molecular flexibility index (Phi) is 3.13. The number of benzene rings is 1. The van der Waals surface area contributed by atoms with Crippen LogP contribution in [0.4, 0.5) is 5.95 Å². The average molecular weight is 241 g/mol. The highest BCUT2D eigenvalue weighted by atomic mass is 15.1. The van der Waals surface area contributed by atoms with Crippen LogP contribution in [0.1, 0.15) is 37.7 Å². The first-order valence-corrected chi connectivity index (χ1v) is 6.82. The van der Waals surface area contributed by atoms with Gasteiger partial charge in [0.1, 0.15) is 0 Å². The molecule has 1 fully saturated rings. The molecule has 0 amide bonds. The zero-order valence-electron chi connectivity index (χ0n) is 10.8. The van der Waals surface area contributed by atoms with Crippen LogP contribution in [-0.4, -0.2) is 16.0 Å². The zero-order chi connectivity index (χ0) is 12.4. The zero-order valence-corrected chi connectivity index (χ0v) is 10.8. The Morgan fingerprint density at radius 3 is 2.83 bits per heavy atom. The summed E-state index contributed by atoms with van der Waals surface area (Å²) in [6, 6.07) is 6.77. The molecule has 0 atom stereocenters. The van der Waals surface area contributed by atoms with E-state index in [9.17, 15) is 0 Å². The second-order valence-corrected chi connectivity index (χ2v) is 5.19. The van der Waals surface area contributed by atoms with E-state index in [4.69, 9.17) is 0 Å². The van der Waals surface area contributed by atoms with Gasteiger partial charge in [-0.15, -0.1) is 0 Å². The van der Waals surface area contributed by atoms with Gasteiger partial charge >= 0.3 is 0 Å². The Morgan fingerprint density at radius 2 is 2.00 bits per heavy atom. The minimum absolute atomic E-state index is 0.556. The lowest BCUT2D eigenvalue weighted by molar-refractivity contribution is 0.461. The van der Waals surface area contributed by atoms with Crippen molar-refractivity contribution in [3.63, 3.8) is 0 Å². The predicted molar refractivity (Wildman–Crippen MR) is 74.8 cm³/mol. The molecule has 1 aromatic heterocycles. The standard InChI is InChI=1S/C15H19N3/c1-11-6-5-7-12-10-16-15(18-14(11)12)17-13-8-3-2-4-9-13/h5-7,10,13H,2-4,8-9H2,1H3,(H,16,17,18). The molecule has 1 aromatic carbocycles. The smallest absolute Gasteiger partial charge is 0.223 e. The Balaban J connectivity index is 1.86. The van der Waals surface area contributed by atoms with Crippen LogP contribution >= 0.6 is 0 Å². The molecule has 0 bridgehead atoms. The van der Waals surface area contributed by atoms with Crippen molar-refractivity contribution in [1.29, 1.82) is 0 Å². The summed E-state index contributed by atoms with van der Waals surface area (Å²) >= 11 is 0. The molecule has 0 unspecified atom stereocenters. The lowest BCUT2D eigenvalue weighted by Crippen LogP contribution is -2.23. The van der Waals surface area contributed by atoms with Crippen LogP contribution in [0.3, 0.4) is 0 Å². The Hall–Kier alpha value is -1.64. The molecule has 0 spiro atoms. The summed E-state index contributed by atoms with van der Waals surface area (Å²) in [5.41, 5.74) is 2.27. The fourth-order valence-electron chi connectivity index (χ4n) is 2.70. The van der Waals surface area contributed by atoms with E-state index in [1.54, 1.807) is 0 Å². The molecule has 1 N–H and O–H groups in total. The van der Waals surface area contributed by atoms with Crippen molar-refractivity contribution in [2.24, 2.45) is 0 Å². The summed E-state index contributed by atoms with van der Waals surface area (Å²) in [6.07, 6.45) is 8.43. The van der Waals surface area contributed by atoms with Gasteiger partial charge in [0.2, 0.25) is 5.95 Å². The summed E-state index contributed by atoms with van der Waals surface area (Å²) in [5, 5.41) is 4.59. The summed E-state index contributed by atoms with van der Waals surface area (Å²) < 4.78 is 0. The monoisotopic (exact) mass is 241 g/mol. The first kappa shape index (κ1) is 11.5. The van der Waals surface area contributed by atoms with E-state index in [0.717, 1.165) is 16.9 Å². The molecule has 0 radical (unpaired) electrons. The highest BCUT2D eigenvalue weighted by molar-refractivity contribution is 5.81. The van der Waals surface area contributed by atoms with Gasteiger partial charge in [0.05, 0.1) is 5.52 Å². The van der Waals surface area contributed by atoms with E-state index < -0.39 is 0 Å². The normalized spacial score (nSPS) is 16.9. The van der Waals surface area contributed by atoms with Gasteiger partial charge in [-0.2, -0.15) is 0 Å². The molecular weight excluding hydrogens is 222 g/mol. The maximum Gasteiger partial charge on any atom is 0.223 e. The Bertz CT molecular complexity index is 544. The summed E-state index contributed by atoms with van der Waals surface area (Å²) in [4.78, 5) is 9.07. The van der Waals surface area contributed by atoms with Crippen molar-refractivity contribution in [3.05, 3.63) is 30.0 Å². The van der Waals surface area contributed by atoms with Gasteiger partial charge in [0.25, 0.3) is 0 Å². The number of nitrogens with one attached hydrogen (secondary N) is 1. The molecule has 1 aliphatic rings. The molecule has 1 aliphatic carbocycles. The van der Waals surface area contributed by atoms with E-state index in [1.165, 1.54) is 37.7 Å². The first-order chi connectivity index (χ1) is 8.83. The minimum Gasteiger partial charge on any atom is -0.351 e. The Morgan fingerprint density at radius 1 is 1.17 bits per heavy atom. The average Bonchev–Trinajstić information content (AvgIpc) is 2.41. The summed E-state index contributed by atoms with van der Waals surface area (Å²) in [6.45, 7) is 2.10. The second-order valence-electron chi connectivity index (χ2n) is 5.19. The molecule has 1 heterocycles. The van der Waals surface area contributed by atoms with E-state index in [1.807, 2.05) is 6.20 Å². The molecule has 3 nitrogen and oxygen atoms in total. The highest BCUT2D eigenvalue weighted by Gasteiger charge is 2.14. The number of aryl methyl sites for hydroxylation is 1. The van der Waals surface area contributed by atoms with Crippen molar-refractivity contribution in [1.82, 2.24) is 9.97 Å². The number of anilines is 1. The van der Waals surface area contributed by atoms with Crippen molar-refractivity contribution < 1.29 is 0 Å². The molecule has 0 saturated heterocycles. The van der Waals surface area contributed by atoms with Crippen molar-refractivity contribution >= 4 is 16.9 Å². The van der Waals surface area contributed by atoms with E-state index in [0.29, 0.717) is 6.04 Å². The van der Waals surface area contributed by atoms with Gasteiger partial charge in [-0.3, -0.25) is 0 Å². The van der Waals surface area contributed by atoms with Crippen molar-refractivity contribution in [2.45, 2.75) is 45.1 Å². The second kappa shape index (κ2) is 4.92. The van der Waals surface area contributed by atoms with Crippen molar-refractivity contribution in [3.8, 4) is 0 Å². The van der Waals surface area contributed by atoms with E-state index >= 15 is 0 Å². The van der Waals surface area contributed by atoms with Crippen LogP contribution in [0.5, 0.6) is 0 Å². The Labute approximate surface area is 108 Å². The predicted octanol–water partition coefficient (Wildman–Crippen LogP) is 3.68. The number of hydrogen-bond donors (Lipinski definition) is 1. The number of rotatable bonds is 2. The van der Waals surface area contributed by atoms with E-state index in [-0.39, 0.29) is 0 Å². The maximum atomic E-state index is 4.65. The quantitative estimate of drug-likeness (QED) is 0.871. The SMILES string of the molecule is Cc1cccc2cnc(NC3CCCCC3)nc12. The third kappa shape index (κ3) is 2.30. The van der Waals surface area contributed by atoms with E-state index in [2.05, 4.69) is 40.4 Å². The number of hydrogen-bond acceptors (Lipinski definition) is 3. The van der Waals surface area contributed by atoms with Gasteiger partial charge in [-0.25, -0.2) is 9.97 Å². The van der Waals surface area contributed by atoms with Crippen LogP contribution in [0.15, 0.2) is 24.4 Å². The number of aromatic nitrogens is 2. The molecule has 1 saturated carbocycles. The largest absolute Gasteiger partial charge is 0.351 e. The highest BCUT2D eigenvalue weighted by Crippen LogP contribution is 2.21. The van der Waals surface area contributed by atoms with Crippen molar-refractivity contribution in [2.75, 3.05) is 5.32 Å². The molecule has 2 aromatic rings. The first-order valence-electron chi connectivity index (χ1n) is 6.82. The lowest BCUT2D eigenvalue weighted by atomic mass is 9.96. The summed E-state index contributed by atoms with van der Waals surface area (Å²) in [7, 11) is 0. The maximum absolute atomic E-state index is 4.65. The number of nitrogens with zero attached hydrogens (tertiary/aromatic N) is 2. The third-order valence-electron chi connectivity index (χ3n) is 3.75. The van der Waals surface area contributed by atoms with Gasteiger partial charge in [0, 0.05) is 17.6 Å². The molecular formula is C15H19N3.